The fourth-order valence-corrected chi connectivity index (χ4v) is 3.14. The van der Waals surface area contributed by atoms with Gasteiger partial charge in [-0.05, 0) is 37.6 Å². The topological polar surface area (TPSA) is 23.5 Å². The standard InChI is InChI=1S/C13H25NO/c1-10-4-3-5-12(8-10)14-7-6-11(2)13(15)9-14/h10-13,15H,3-9H2,1-2H3. The van der Waals surface area contributed by atoms with E-state index in [4.69, 9.17) is 0 Å². The van der Waals surface area contributed by atoms with Gasteiger partial charge in [0, 0.05) is 12.6 Å². The summed E-state index contributed by atoms with van der Waals surface area (Å²) in [7, 11) is 0. The van der Waals surface area contributed by atoms with E-state index in [9.17, 15) is 5.11 Å². The summed E-state index contributed by atoms with van der Waals surface area (Å²) in [5.74, 6) is 1.39. The fourth-order valence-electron chi connectivity index (χ4n) is 3.14. The first-order chi connectivity index (χ1) is 7.16. The van der Waals surface area contributed by atoms with Crippen molar-refractivity contribution in [1.29, 1.82) is 0 Å². The van der Waals surface area contributed by atoms with Gasteiger partial charge in [0.05, 0.1) is 6.10 Å². The van der Waals surface area contributed by atoms with Crippen molar-refractivity contribution in [2.24, 2.45) is 11.8 Å². The van der Waals surface area contributed by atoms with Crippen LogP contribution in [0.1, 0.15) is 46.0 Å². The van der Waals surface area contributed by atoms with Gasteiger partial charge in [0.25, 0.3) is 0 Å². The average molecular weight is 211 g/mol. The van der Waals surface area contributed by atoms with E-state index in [0.29, 0.717) is 5.92 Å². The molecule has 0 aromatic rings. The number of hydrogen-bond acceptors (Lipinski definition) is 2. The van der Waals surface area contributed by atoms with Crippen LogP contribution >= 0.6 is 0 Å². The van der Waals surface area contributed by atoms with E-state index in [1.54, 1.807) is 0 Å². The van der Waals surface area contributed by atoms with Crippen LogP contribution in [-0.2, 0) is 0 Å². The molecular formula is C13H25NO. The second kappa shape index (κ2) is 4.84. The summed E-state index contributed by atoms with van der Waals surface area (Å²) in [5, 5.41) is 9.90. The molecule has 1 aliphatic heterocycles. The molecule has 1 N–H and O–H groups in total. The highest BCUT2D eigenvalue weighted by atomic mass is 16.3. The first-order valence-electron chi connectivity index (χ1n) is 6.59. The van der Waals surface area contributed by atoms with Crippen molar-refractivity contribution >= 4 is 0 Å². The molecule has 0 aromatic heterocycles. The zero-order chi connectivity index (χ0) is 10.8. The molecule has 2 nitrogen and oxygen atoms in total. The lowest BCUT2D eigenvalue weighted by Gasteiger charge is -2.42. The van der Waals surface area contributed by atoms with E-state index >= 15 is 0 Å². The predicted molar refractivity (Wildman–Crippen MR) is 62.8 cm³/mol. The molecule has 2 rings (SSSR count). The Kier molecular flexibility index (Phi) is 3.68. The summed E-state index contributed by atoms with van der Waals surface area (Å²) in [6.07, 6.45) is 6.58. The maximum Gasteiger partial charge on any atom is 0.0693 e. The Bertz CT molecular complexity index is 207. The van der Waals surface area contributed by atoms with E-state index in [1.165, 1.54) is 38.6 Å². The van der Waals surface area contributed by atoms with Crippen molar-refractivity contribution in [3.05, 3.63) is 0 Å². The van der Waals surface area contributed by atoms with Crippen LogP contribution in [0.5, 0.6) is 0 Å². The maximum absolute atomic E-state index is 9.90. The molecule has 2 fully saturated rings. The van der Waals surface area contributed by atoms with Gasteiger partial charge in [-0.3, -0.25) is 4.90 Å². The van der Waals surface area contributed by atoms with E-state index in [1.807, 2.05) is 0 Å². The van der Waals surface area contributed by atoms with Crippen LogP contribution in [0.25, 0.3) is 0 Å². The monoisotopic (exact) mass is 211 g/mol. The second-order valence-corrected chi connectivity index (χ2v) is 5.75. The molecule has 0 bridgehead atoms. The molecular weight excluding hydrogens is 186 g/mol. The number of likely N-dealkylation sites (tertiary alicyclic amines) is 1. The summed E-state index contributed by atoms with van der Waals surface area (Å²) in [6.45, 7) is 6.66. The first-order valence-corrected chi connectivity index (χ1v) is 6.59. The van der Waals surface area contributed by atoms with Gasteiger partial charge in [-0.2, -0.15) is 0 Å². The molecule has 1 aliphatic carbocycles. The van der Waals surface area contributed by atoms with Gasteiger partial charge in [0.1, 0.15) is 0 Å². The van der Waals surface area contributed by atoms with Crippen molar-refractivity contribution in [1.82, 2.24) is 4.90 Å². The molecule has 88 valence electrons. The molecule has 1 saturated carbocycles. The minimum atomic E-state index is -0.0871. The van der Waals surface area contributed by atoms with Crippen molar-refractivity contribution in [2.75, 3.05) is 13.1 Å². The lowest BCUT2D eigenvalue weighted by Crippen LogP contribution is -2.49. The SMILES string of the molecule is CC1CCCC(N2CCC(C)C(O)C2)C1. The molecule has 2 aliphatic rings. The number of nitrogens with zero attached hydrogens (tertiary/aromatic N) is 1. The predicted octanol–water partition coefficient (Wildman–Crippen LogP) is 2.27. The smallest absolute Gasteiger partial charge is 0.0693 e. The number of aliphatic hydroxyl groups excluding tert-OH is 1. The molecule has 0 aromatic carbocycles. The third-order valence-corrected chi connectivity index (χ3v) is 4.38. The van der Waals surface area contributed by atoms with E-state index in [-0.39, 0.29) is 6.10 Å². The Balaban J connectivity index is 1.87. The third kappa shape index (κ3) is 2.73. The molecule has 4 atom stereocenters. The lowest BCUT2D eigenvalue weighted by atomic mass is 9.84. The van der Waals surface area contributed by atoms with Crippen LogP contribution < -0.4 is 0 Å². The molecule has 1 saturated heterocycles. The first kappa shape index (κ1) is 11.4. The molecule has 2 heteroatoms. The molecule has 15 heavy (non-hydrogen) atoms. The quantitative estimate of drug-likeness (QED) is 0.719. The van der Waals surface area contributed by atoms with E-state index in [2.05, 4.69) is 18.7 Å². The highest BCUT2D eigenvalue weighted by Crippen LogP contribution is 2.30. The van der Waals surface area contributed by atoms with Gasteiger partial charge in [0.15, 0.2) is 0 Å². The largest absolute Gasteiger partial charge is 0.392 e. The lowest BCUT2D eigenvalue weighted by molar-refractivity contribution is -0.00159. The molecule has 4 unspecified atom stereocenters. The Morgan fingerprint density at radius 3 is 2.60 bits per heavy atom. The summed E-state index contributed by atoms with van der Waals surface area (Å²) in [5.41, 5.74) is 0. The maximum atomic E-state index is 9.90. The Morgan fingerprint density at radius 2 is 1.93 bits per heavy atom. The number of piperidine rings is 1. The van der Waals surface area contributed by atoms with Gasteiger partial charge < -0.3 is 5.11 Å². The summed E-state index contributed by atoms with van der Waals surface area (Å²) in [4.78, 5) is 2.54. The van der Waals surface area contributed by atoms with Crippen molar-refractivity contribution in [3.63, 3.8) is 0 Å². The van der Waals surface area contributed by atoms with Crippen LogP contribution in [0.3, 0.4) is 0 Å². The highest BCUT2D eigenvalue weighted by Gasteiger charge is 2.30. The third-order valence-electron chi connectivity index (χ3n) is 4.38. The zero-order valence-corrected chi connectivity index (χ0v) is 10.2. The molecule has 0 spiro atoms. The molecule has 1 heterocycles. The van der Waals surface area contributed by atoms with E-state index in [0.717, 1.165) is 18.5 Å². The van der Waals surface area contributed by atoms with Crippen LogP contribution in [-0.4, -0.2) is 35.2 Å². The Labute approximate surface area is 93.7 Å². The highest BCUT2D eigenvalue weighted by molar-refractivity contribution is 4.85. The van der Waals surface area contributed by atoms with Gasteiger partial charge in [-0.15, -0.1) is 0 Å². The second-order valence-electron chi connectivity index (χ2n) is 5.75. The summed E-state index contributed by atoms with van der Waals surface area (Å²) >= 11 is 0. The number of hydrogen-bond donors (Lipinski definition) is 1. The minimum Gasteiger partial charge on any atom is -0.392 e. The zero-order valence-electron chi connectivity index (χ0n) is 10.2. The Morgan fingerprint density at radius 1 is 1.13 bits per heavy atom. The van der Waals surface area contributed by atoms with Crippen LogP contribution in [0, 0.1) is 11.8 Å². The summed E-state index contributed by atoms with van der Waals surface area (Å²) < 4.78 is 0. The van der Waals surface area contributed by atoms with Crippen molar-refractivity contribution < 1.29 is 5.11 Å². The fraction of sp³-hybridized carbons (Fsp3) is 1.00. The van der Waals surface area contributed by atoms with Gasteiger partial charge in [0.2, 0.25) is 0 Å². The number of β-amino-alcohol motifs (C(OH)–C–C–N with tert-alkyl or cyclic N) is 1. The van der Waals surface area contributed by atoms with Crippen molar-refractivity contribution in [2.45, 2.75) is 58.1 Å². The van der Waals surface area contributed by atoms with Gasteiger partial charge >= 0.3 is 0 Å². The molecule has 0 amide bonds. The van der Waals surface area contributed by atoms with E-state index < -0.39 is 0 Å². The number of rotatable bonds is 1. The van der Waals surface area contributed by atoms with Crippen LogP contribution in [0.2, 0.25) is 0 Å². The van der Waals surface area contributed by atoms with Crippen LogP contribution in [0.15, 0.2) is 0 Å². The van der Waals surface area contributed by atoms with Crippen LogP contribution in [0.4, 0.5) is 0 Å². The minimum absolute atomic E-state index is 0.0871. The Hall–Kier alpha value is -0.0800. The average Bonchev–Trinajstić information content (AvgIpc) is 2.22. The molecule has 0 radical (unpaired) electrons. The summed E-state index contributed by atoms with van der Waals surface area (Å²) in [6, 6.07) is 0.760. The van der Waals surface area contributed by atoms with Gasteiger partial charge in [-0.1, -0.05) is 26.7 Å². The van der Waals surface area contributed by atoms with Gasteiger partial charge in [-0.25, -0.2) is 0 Å². The normalized spacial score (nSPS) is 44.2. The van der Waals surface area contributed by atoms with Crippen molar-refractivity contribution in [3.8, 4) is 0 Å². The number of aliphatic hydroxyl groups is 1.